The zero-order valence-electron chi connectivity index (χ0n) is 7.44. The fourth-order valence-electron chi connectivity index (χ4n) is 1.22. The first-order valence-corrected chi connectivity index (χ1v) is 4.02. The maximum Gasteiger partial charge on any atom is 0.513 e. The first-order chi connectivity index (χ1) is 6.65. The second kappa shape index (κ2) is 3.02. The highest BCUT2D eigenvalue weighted by molar-refractivity contribution is 5.77. The van der Waals surface area contributed by atoms with Gasteiger partial charge in [-0.25, -0.2) is 4.79 Å². The number of aromatic amines is 1. The maximum atomic E-state index is 10.2. The molecule has 0 spiro atoms. The SMILES string of the molecule is Cc1ccc2[nH]c(OC(=O)O)nc2c1. The fraction of sp³-hybridized carbons (Fsp3) is 0.111. The van der Waals surface area contributed by atoms with Gasteiger partial charge in [-0.3, -0.25) is 0 Å². The molecule has 0 atom stereocenters. The van der Waals surface area contributed by atoms with E-state index in [0.717, 1.165) is 11.1 Å². The average molecular weight is 192 g/mol. The van der Waals surface area contributed by atoms with Crippen molar-refractivity contribution in [2.24, 2.45) is 0 Å². The normalized spacial score (nSPS) is 10.4. The van der Waals surface area contributed by atoms with E-state index in [1.165, 1.54) is 0 Å². The standard InChI is InChI=1S/C9H8N2O3/c1-5-2-3-6-7(4-5)11-8(10-6)14-9(12)13/h2-4H,1H3,(H,10,11)(H,12,13). The maximum absolute atomic E-state index is 10.2. The molecule has 2 N–H and O–H groups in total. The quantitative estimate of drug-likeness (QED) is 0.677. The molecule has 0 radical (unpaired) electrons. The van der Waals surface area contributed by atoms with E-state index in [4.69, 9.17) is 5.11 Å². The van der Waals surface area contributed by atoms with Gasteiger partial charge in [-0.2, -0.15) is 4.98 Å². The van der Waals surface area contributed by atoms with E-state index in [2.05, 4.69) is 14.7 Å². The Morgan fingerprint density at radius 2 is 2.36 bits per heavy atom. The van der Waals surface area contributed by atoms with Crippen LogP contribution in [0.1, 0.15) is 5.56 Å². The van der Waals surface area contributed by atoms with Crippen LogP contribution in [0.4, 0.5) is 4.79 Å². The van der Waals surface area contributed by atoms with Gasteiger partial charge in [-0.15, -0.1) is 0 Å². The third-order valence-electron chi connectivity index (χ3n) is 1.80. The summed E-state index contributed by atoms with van der Waals surface area (Å²) in [6.07, 6.45) is -1.37. The van der Waals surface area contributed by atoms with Crippen LogP contribution in [-0.4, -0.2) is 21.2 Å². The van der Waals surface area contributed by atoms with Gasteiger partial charge in [0.25, 0.3) is 0 Å². The largest absolute Gasteiger partial charge is 0.513 e. The van der Waals surface area contributed by atoms with Crippen LogP contribution in [0.3, 0.4) is 0 Å². The van der Waals surface area contributed by atoms with Gasteiger partial charge in [-0.1, -0.05) is 6.07 Å². The first kappa shape index (κ1) is 8.55. The average Bonchev–Trinajstić information content (AvgIpc) is 2.44. The molecular weight excluding hydrogens is 184 g/mol. The number of hydrogen-bond donors (Lipinski definition) is 2. The molecular formula is C9H8N2O3. The van der Waals surface area contributed by atoms with Crippen LogP contribution < -0.4 is 4.74 Å². The van der Waals surface area contributed by atoms with Crippen molar-refractivity contribution in [3.05, 3.63) is 23.8 Å². The summed E-state index contributed by atoms with van der Waals surface area (Å²) in [5.74, 6) is 0. The number of ether oxygens (including phenoxy) is 1. The number of carboxylic acid groups (broad SMARTS) is 1. The number of H-pyrrole nitrogens is 1. The van der Waals surface area contributed by atoms with Crippen LogP contribution >= 0.6 is 0 Å². The molecule has 1 aromatic heterocycles. The third kappa shape index (κ3) is 1.52. The highest BCUT2D eigenvalue weighted by atomic mass is 16.7. The number of aryl methyl sites for hydroxylation is 1. The summed E-state index contributed by atoms with van der Waals surface area (Å²) in [6, 6.07) is 5.58. The van der Waals surface area contributed by atoms with Crippen molar-refractivity contribution in [2.75, 3.05) is 0 Å². The number of rotatable bonds is 1. The summed E-state index contributed by atoms with van der Waals surface area (Å²) in [5.41, 5.74) is 2.51. The molecule has 2 aromatic rings. The van der Waals surface area contributed by atoms with Gasteiger partial charge in [-0.05, 0) is 24.6 Å². The molecule has 0 fully saturated rings. The van der Waals surface area contributed by atoms with E-state index in [-0.39, 0.29) is 6.01 Å². The number of nitrogens with one attached hydrogen (secondary N) is 1. The highest BCUT2D eigenvalue weighted by Crippen LogP contribution is 2.16. The molecule has 5 nitrogen and oxygen atoms in total. The molecule has 0 saturated carbocycles. The highest BCUT2D eigenvalue weighted by Gasteiger charge is 2.06. The molecule has 1 heterocycles. The number of carbonyl (C=O) groups is 1. The van der Waals surface area contributed by atoms with Gasteiger partial charge < -0.3 is 14.8 Å². The lowest BCUT2D eigenvalue weighted by Crippen LogP contribution is -2.03. The summed E-state index contributed by atoms with van der Waals surface area (Å²) < 4.78 is 4.39. The van der Waals surface area contributed by atoms with Gasteiger partial charge >= 0.3 is 12.2 Å². The smallest absolute Gasteiger partial charge is 0.449 e. The molecule has 0 bridgehead atoms. The summed E-state index contributed by atoms with van der Waals surface area (Å²) in [5, 5.41) is 8.36. The monoisotopic (exact) mass is 192 g/mol. The second-order valence-corrected chi connectivity index (χ2v) is 2.93. The van der Waals surface area contributed by atoms with Crippen LogP contribution in [0.5, 0.6) is 6.01 Å². The molecule has 14 heavy (non-hydrogen) atoms. The van der Waals surface area contributed by atoms with Gasteiger partial charge in [0.15, 0.2) is 0 Å². The zero-order chi connectivity index (χ0) is 10.1. The van der Waals surface area contributed by atoms with Crippen molar-refractivity contribution >= 4 is 17.2 Å². The predicted octanol–water partition coefficient (Wildman–Crippen LogP) is 1.93. The van der Waals surface area contributed by atoms with Gasteiger partial charge in [0.2, 0.25) is 0 Å². The summed E-state index contributed by atoms with van der Waals surface area (Å²) in [6.45, 7) is 1.94. The Morgan fingerprint density at radius 1 is 1.57 bits per heavy atom. The molecule has 0 aliphatic carbocycles. The van der Waals surface area contributed by atoms with E-state index in [9.17, 15) is 4.79 Å². The number of imidazole rings is 1. The van der Waals surface area contributed by atoms with Crippen LogP contribution in [0.2, 0.25) is 0 Å². The molecule has 72 valence electrons. The minimum absolute atomic E-state index is 0.00176. The minimum atomic E-state index is -1.37. The van der Waals surface area contributed by atoms with Crippen molar-refractivity contribution in [1.82, 2.24) is 9.97 Å². The molecule has 5 heteroatoms. The Kier molecular flexibility index (Phi) is 1.85. The van der Waals surface area contributed by atoms with Crippen LogP contribution in [0, 0.1) is 6.92 Å². The lowest BCUT2D eigenvalue weighted by atomic mass is 10.2. The number of benzene rings is 1. The molecule has 0 aliphatic rings. The third-order valence-corrected chi connectivity index (χ3v) is 1.80. The molecule has 0 amide bonds. The Labute approximate surface area is 79.3 Å². The fourth-order valence-corrected chi connectivity index (χ4v) is 1.22. The van der Waals surface area contributed by atoms with Crippen molar-refractivity contribution in [3.63, 3.8) is 0 Å². The lowest BCUT2D eigenvalue weighted by molar-refractivity contribution is 0.141. The molecule has 0 unspecified atom stereocenters. The van der Waals surface area contributed by atoms with Crippen molar-refractivity contribution in [2.45, 2.75) is 6.92 Å². The van der Waals surface area contributed by atoms with E-state index < -0.39 is 6.16 Å². The summed E-state index contributed by atoms with van der Waals surface area (Å²) in [7, 11) is 0. The van der Waals surface area contributed by atoms with Crippen LogP contribution in [-0.2, 0) is 0 Å². The summed E-state index contributed by atoms with van der Waals surface area (Å²) in [4.78, 5) is 16.9. The molecule has 1 aromatic carbocycles. The Hall–Kier alpha value is -2.04. The molecule has 0 saturated heterocycles. The van der Waals surface area contributed by atoms with Crippen molar-refractivity contribution in [1.29, 1.82) is 0 Å². The van der Waals surface area contributed by atoms with E-state index in [1.807, 2.05) is 25.1 Å². The second-order valence-electron chi connectivity index (χ2n) is 2.93. The molecule has 0 aliphatic heterocycles. The predicted molar refractivity (Wildman–Crippen MR) is 49.5 cm³/mol. The zero-order valence-corrected chi connectivity index (χ0v) is 7.44. The number of nitrogens with zero attached hydrogens (tertiary/aromatic N) is 1. The van der Waals surface area contributed by atoms with Crippen LogP contribution in [0.25, 0.3) is 11.0 Å². The van der Waals surface area contributed by atoms with Crippen molar-refractivity contribution < 1.29 is 14.6 Å². The van der Waals surface area contributed by atoms with E-state index in [1.54, 1.807) is 0 Å². The topological polar surface area (TPSA) is 75.2 Å². The van der Waals surface area contributed by atoms with Gasteiger partial charge in [0, 0.05) is 0 Å². The van der Waals surface area contributed by atoms with Crippen LogP contribution in [0.15, 0.2) is 18.2 Å². The number of hydrogen-bond acceptors (Lipinski definition) is 3. The van der Waals surface area contributed by atoms with Crippen molar-refractivity contribution in [3.8, 4) is 6.01 Å². The van der Waals surface area contributed by atoms with E-state index in [0.29, 0.717) is 5.52 Å². The minimum Gasteiger partial charge on any atom is -0.449 e. The Morgan fingerprint density at radius 3 is 3.07 bits per heavy atom. The van der Waals surface area contributed by atoms with Gasteiger partial charge in [0.1, 0.15) is 0 Å². The Balaban J connectivity index is 2.46. The summed E-state index contributed by atoms with van der Waals surface area (Å²) >= 11 is 0. The lowest BCUT2D eigenvalue weighted by Gasteiger charge is -1.89. The Bertz CT molecular complexity index is 490. The number of aromatic nitrogens is 2. The first-order valence-electron chi connectivity index (χ1n) is 4.02. The van der Waals surface area contributed by atoms with E-state index >= 15 is 0 Å². The van der Waals surface area contributed by atoms with Gasteiger partial charge in [0.05, 0.1) is 11.0 Å². The number of fused-ring (bicyclic) bond motifs is 1. The molecule has 2 rings (SSSR count).